The Kier molecular flexibility index (Phi) is 4.55. The normalized spacial score (nSPS) is 19.8. The van der Waals surface area contributed by atoms with Crippen LogP contribution in [0.3, 0.4) is 0 Å². The number of hydrogen-bond donors (Lipinski definition) is 3. The van der Waals surface area contributed by atoms with Gasteiger partial charge in [0.25, 0.3) is 15.9 Å². The fraction of sp³-hybridized carbons (Fsp3) is 0.222. The molecule has 1 amide bonds. The molecule has 0 spiro atoms. The van der Waals surface area contributed by atoms with Crippen LogP contribution in [-0.2, 0) is 20.4 Å². The molecule has 0 radical (unpaired) electrons. The van der Waals surface area contributed by atoms with Crippen LogP contribution in [0.4, 0.5) is 5.69 Å². The zero-order valence-corrected chi connectivity index (χ0v) is 15.2. The van der Waals surface area contributed by atoms with E-state index in [4.69, 9.17) is 0 Å². The standard InChI is InChI=1S/C18H19N3O4S/c1-12-7-9-14(10-8-12)26(24,25)21-20-13(2)11-18(23)15-5-3-4-6-16(15)19-17(18)22/h3-10,21,23H,11H2,1-2H3,(H,19,22)/b20-13+. The number of amides is 1. The summed E-state index contributed by atoms with van der Waals surface area (Å²) in [5.74, 6) is -0.561. The maximum absolute atomic E-state index is 12.3. The van der Waals surface area contributed by atoms with Gasteiger partial charge in [0.1, 0.15) is 0 Å². The predicted molar refractivity (Wildman–Crippen MR) is 98.2 cm³/mol. The van der Waals surface area contributed by atoms with Gasteiger partial charge in [0.05, 0.1) is 4.90 Å². The number of benzene rings is 2. The number of sulfonamides is 1. The van der Waals surface area contributed by atoms with Crippen LogP contribution in [0.1, 0.15) is 24.5 Å². The summed E-state index contributed by atoms with van der Waals surface area (Å²) in [6.07, 6.45) is -0.133. The van der Waals surface area contributed by atoms with E-state index >= 15 is 0 Å². The molecule has 1 heterocycles. The van der Waals surface area contributed by atoms with E-state index < -0.39 is 21.5 Å². The summed E-state index contributed by atoms with van der Waals surface area (Å²) in [5, 5.41) is 17.3. The molecule has 2 aromatic carbocycles. The summed E-state index contributed by atoms with van der Waals surface area (Å²) >= 11 is 0. The van der Waals surface area contributed by atoms with Crippen LogP contribution < -0.4 is 10.1 Å². The second-order valence-corrected chi connectivity index (χ2v) is 7.95. The highest BCUT2D eigenvalue weighted by Gasteiger charge is 2.45. The fourth-order valence-corrected chi connectivity index (χ4v) is 3.67. The molecule has 1 aliphatic heterocycles. The molecule has 3 N–H and O–H groups in total. The van der Waals surface area contributed by atoms with Gasteiger partial charge in [-0.3, -0.25) is 4.79 Å². The van der Waals surface area contributed by atoms with E-state index in [2.05, 4.69) is 15.2 Å². The maximum atomic E-state index is 12.3. The summed E-state index contributed by atoms with van der Waals surface area (Å²) in [4.78, 5) is 14.4. The molecular formula is C18H19N3O4S. The first-order chi connectivity index (χ1) is 12.2. The lowest BCUT2D eigenvalue weighted by Gasteiger charge is -2.20. The first-order valence-corrected chi connectivity index (χ1v) is 9.46. The van der Waals surface area contributed by atoms with Gasteiger partial charge in [0.15, 0.2) is 5.60 Å². The Morgan fingerprint density at radius 1 is 1.19 bits per heavy atom. The van der Waals surface area contributed by atoms with Crippen molar-refractivity contribution in [1.29, 1.82) is 0 Å². The predicted octanol–water partition coefficient (Wildman–Crippen LogP) is 1.88. The van der Waals surface area contributed by atoms with Gasteiger partial charge in [-0.2, -0.15) is 13.5 Å². The van der Waals surface area contributed by atoms with Crippen LogP contribution in [0, 0.1) is 6.92 Å². The molecule has 26 heavy (non-hydrogen) atoms. The summed E-state index contributed by atoms with van der Waals surface area (Å²) in [5.41, 5.74) is 0.417. The topological polar surface area (TPSA) is 108 Å². The molecule has 1 unspecified atom stereocenters. The molecule has 2 aromatic rings. The molecule has 136 valence electrons. The Bertz CT molecular complexity index is 984. The molecule has 7 nitrogen and oxygen atoms in total. The zero-order valence-electron chi connectivity index (χ0n) is 14.4. The number of anilines is 1. The summed E-state index contributed by atoms with van der Waals surface area (Å²) < 4.78 is 24.5. The number of aliphatic hydroxyl groups is 1. The van der Waals surface area contributed by atoms with Crippen molar-refractivity contribution in [3.63, 3.8) is 0 Å². The van der Waals surface area contributed by atoms with Crippen LogP contribution in [0.2, 0.25) is 0 Å². The average Bonchev–Trinajstić information content (AvgIpc) is 2.84. The average molecular weight is 373 g/mol. The summed E-state index contributed by atoms with van der Waals surface area (Å²) in [7, 11) is -3.82. The largest absolute Gasteiger partial charge is 0.375 e. The highest BCUT2D eigenvalue weighted by atomic mass is 32.2. The number of hydrogen-bond acceptors (Lipinski definition) is 5. The molecule has 3 rings (SSSR count). The van der Waals surface area contributed by atoms with Crippen molar-refractivity contribution >= 4 is 27.3 Å². The minimum Gasteiger partial charge on any atom is -0.375 e. The molecule has 0 aliphatic carbocycles. The first kappa shape index (κ1) is 18.1. The number of aryl methyl sites for hydroxylation is 1. The Morgan fingerprint density at radius 3 is 2.54 bits per heavy atom. The maximum Gasteiger partial charge on any atom is 0.276 e. The monoisotopic (exact) mass is 373 g/mol. The lowest BCUT2D eigenvalue weighted by Crippen LogP contribution is -2.36. The van der Waals surface area contributed by atoms with E-state index in [1.54, 1.807) is 43.3 Å². The van der Waals surface area contributed by atoms with E-state index in [-0.39, 0.29) is 17.0 Å². The molecule has 0 saturated carbocycles. The van der Waals surface area contributed by atoms with Crippen LogP contribution in [-0.4, -0.2) is 25.1 Å². The van der Waals surface area contributed by atoms with Gasteiger partial charge in [-0.05, 0) is 32.0 Å². The highest BCUT2D eigenvalue weighted by molar-refractivity contribution is 7.89. The fourth-order valence-electron chi connectivity index (χ4n) is 2.79. The molecule has 0 aromatic heterocycles. The van der Waals surface area contributed by atoms with Crippen LogP contribution in [0.5, 0.6) is 0 Å². The number of para-hydroxylation sites is 1. The second-order valence-electron chi connectivity index (χ2n) is 6.29. The second kappa shape index (κ2) is 6.54. The third-order valence-corrected chi connectivity index (χ3v) is 5.42. The van der Waals surface area contributed by atoms with E-state index in [9.17, 15) is 18.3 Å². The number of nitrogens with zero attached hydrogens (tertiary/aromatic N) is 1. The van der Waals surface area contributed by atoms with Gasteiger partial charge in [0, 0.05) is 23.4 Å². The van der Waals surface area contributed by atoms with Gasteiger partial charge in [0.2, 0.25) is 0 Å². The summed E-state index contributed by atoms with van der Waals surface area (Å²) in [6, 6.07) is 13.2. The highest BCUT2D eigenvalue weighted by Crippen LogP contribution is 2.38. The van der Waals surface area contributed by atoms with Crippen molar-refractivity contribution in [2.45, 2.75) is 30.8 Å². The Morgan fingerprint density at radius 2 is 1.85 bits per heavy atom. The minimum absolute atomic E-state index is 0.0855. The molecular weight excluding hydrogens is 354 g/mol. The molecule has 0 saturated heterocycles. The smallest absolute Gasteiger partial charge is 0.276 e. The lowest BCUT2D eigenvalue weighted by molar-refractivity contribution is -0.132. The van der Waals surface area contributed by atoms with Crippen molar-refractivity contribution in [2.24, 2.45) is 5.10 Å². The van der Waals surface area contributed by atoms with Gasteiger partial charge < -0.3 is 10.4 Å². The van der Waals surface area contributed by atoms with Gasteiger partial charge in [-0.25, -0.2) is 4.83 Å². The number of carbonyl (C=O) groups is 1. The van der Waals surface area contributed by atoms with Crippen molar-refractivity contribution in [3.05, 3.63) is 59.7 Å². The Labute approximate surface area is 151 Å². The van der Waals surface area contributed by atoms with Crippen molar-refractivity contribution in [1.82, 2.24) is 4.83 Å². The number of carbonyl (C=O) groups excluding carboxylic acids is 1. The van der Waals surface area contributed by atoms with Crippen LogP contribution >= 0.6 is 0 Å². The summed E-state index contributed by atoms with van der Waals surface area (Å²) in [6.45, 7) is 3.40. The molecule has 8 heteroatoms. The van der Waals surface area contributed by atoms with Crippen LogP contribution in [0.15, 0.2) is 58.5 Å². The molecule has 1 atom stereocenters. The number of rotatable bonds is 5. The third-order valence-electron chi connectivity index (χ3n) is 4.20. The number of hydrazone groups is 1. The van der Waals surface area contributed by atoms with Gasteiger partial charge in [-0.1, -0.05) is 35.9 Å². The number of nitrogens with one attached hydrogen (secondary N) is 2. The van der Waals surface area contributed by atoms with E-state index in [1.807, 2.05) is 6.92 Å². The van der Waals surface area contributed by atoms with Crippen LogP contribution in [0.25, 0.3) is 0 Å². The quantitative estimate of drug-likeness (QED) is 0.549. The lowest BCUT2D eigenvalue weighted by atomic mass is 9.90. The zero-order chi connectivity index (χ0) is 18.9. The van der Waals surface area contributed by atoms with Crippen molar-refractivity contribution < 1.29 is 18.3 Å². The van der Waals surface area contributed by atoms with Crippen molar-refractivity contribution in [2.75, 3.05) is 5.32 Å². The Hall–Kier alpha value is -2.71. The first-order valence-electron chi connectivity index (χ1n) is 7.97. The molecule has 0 bridgehead atoms. The van der Waals surface area contributed by atoms with Gasteiger partial charge >= 0.3 is 0 Å². The molecule has 0 fully saturated rings. The Balaban J connectivity index is 1.79. The SMILES string of the molecule is C/C(CC1(O)C(=O)Nc2ccccc21)=N\NS(=O)(=O)c1ccc(C)cc1. The van der Waals surface area contributed by atoms with Gasteiger partial charge in [-0.15, -0.1) is 0 Å². The van der Waals surface area contributed by atoms with Crippen molar-refractivity contribution in [3.8, 4) is 0 Å². The van der Waals surface area contributed by atoms with E-state index in [0.29, 0.717) is 11.3 Å². The third kappa shape index (κ3) is 3.33. The minimum atomic E-state index is -3.82. The number of fused-ring (bicyclic) bond motifs is 1. The van der Waals surface area contributed by atoms with E-state index in [1.165, 1.54) is 12.1 Å². The molecule has 1 aliphatic rings. The van der Waals surface area contributed by atoms with E-state index in [0.717, 1.165) is 5.56 Å².